The van der Waals surface area contributed by atoms with Crippen LogP contribution in [0.2, 0.25) is 0 Å². The predicted molar refractivity (Wildman–Crippen MR) is 69.6 cm³/mol. The van der Waals surface area contributed by atoms with E-state index in [0.29, 0.717) is 32.1 Å². The molecule has 1 heterocycles. The van der Waals surface area contributed by atoms with Gasteiger partial charge in [0.05, 0.1) is 12.9 Å². The summed E-state index contributed by atoms with van der Waals surface area (Å²) < 4.78 is 24.3. The van der Waals surface area contributed by atoms with Crippen molar-refractivity contribution in [1.82, 2.24) is 9.21 Å². The number of piperazine rings is 1. The van der Waals surface area contributed by atoms with Gasteiger partial charge in [0.1, 0.15) is 0 Å². The van der Waals surface area contributed by atoms with E-state index in [1.165, 1.54) is 10.6 Å². The maximum absolute atomic E-state index is 11.4. The summed E-state index contributed by atoms with van der Waals surface area (Å²) in [6.45, 7) is 2.34. The first-order chi connectivity index (χ1) is 8.43. The molecule has 6 nitrogen and oxygen atoms in total. The molecule has 2 fully saturated rings. The molecule has 2 aliphatic rings. The lowest BCUT2D eigenvalue weighted by Gasteiger charge is -2.40. The molecule has 3 N–H and O–H groups in total. The molecule has 2 unspecified atom stereocenters. The van der Waals surface area contributed by atoms with Crippen LogP contribution in [0.25, 0.3) is 0 Å². The number of hydrogen-bond donors (Lipinski definition) is 2. The summed E-state index contributed by atoms with van der Waals surface area (Å²) in [5.41, 5.74) is 6.15. The van der Waals surface area contributed by atoms with E-state index in [2.05, 4.69) is 4.90 Å². The van der Waals surface area contributed by atoms with E-state index in [1.54, 1.807) is 0 Å². The molecule has 1 aliphatic carbocycles. The molecule has 1 aliphatic heterocycles. The number of nitrogens with zero attached hydrogens (tertiary/aromatic N) is 2. The highest BCUT2D eigenvalue weighted by atomic mass is 32.2. The second-order valence-electron chi connectivity index (χ2n) is 5.36. The fourth-order valence-electron chi connectivity index (χ4n) is 2.64. The van der Waals surface area contributed by atoms with Gasteiger partial charge in [0, 0.05) is 38.3 Å². The third-order valence-corrected chi connectivity index (χ3v) is 5.31. The highest BCUT2D eigenvalue weighted by molar-refractivity contribution is 7.88. The molecule has 0 radical (unpaired) electrons. The van der Waals surface area contributed by atoms with Crippen LogP contribution in [-0.2, 0) is 10.0 Å². The Labute approximate surface area is 109 Å². The Hall–Kier alpha value is -0.210. The molecule has 0 spiro atoms. The summed E-state index contributed by atoms with van der Waals surface area (Å²) in [6, 6.07) is -0.0148. The molecule has 0 amide bonds. The summed E-state index contributed by atoms with van der Waals surface area (Å²) in [7, 11) is -3.09. The molecule has 0 bridgehead atoms. The number of sulfonamides is 1. The van der Waals surface area contributed by atoms with Crippen LogP contribution in [-0.4, -0.2) is 73.9 Å². The van der Waals surface area contributed by atoms with Gasteiger partial charge in [0.2, 0.25) is 10.0 Å². The smallest absolute Gasteiger partial charge is 0.211 e. The first-order valence-corrected chi connectivity index (χ1v) is 8.34. The summed E-state index contributed by atoms with van der Waals surface area (Å²) in [5, 5.41) is 9.50. The third-order valence-electron chi connectivity index (χ3n) is 4.01. The van der Waals surface area contributed by atoms with E-state index >= 15 is 0 Å². The molecular formula is C11H23N3O3S. The van der Waals surface area contributed by atoms with Crippen LogP contribution in [0.3, 0.4) is 0 Å². The van der Waals surface area contributed by atoms with Crippen LogP contribution in [0.4, 0.5) is 0 Å². The molecule has 0 aromatic heterocycles. The number of hydrogen-bond acceptors (Lipinski definition) is 5. The molecule has 0 aromatic rings. The number of aliphatic hydroxyl groups excluding tert-OH is 1. The predicted octanol–water partition coefficient (Wildman–Crippen LogP) is -1.34. The lowest BCUT2D eigenvalue weighted by Crippen LogP contribution is -2.58. The number of nitrogens with two attached hydrogens (primary N) is 1. The second-order valence-corrected chi connectivity index (χ2v) is 7.35. The van der Waals surface area contributed by atoms with Crippen molar-refractivity contribution in [1.29, 1.82) is 0 Å². The Bertz CT molecular complexity index is 375. The number of rotatable bonds is 5. The van der Waals surface area contributed by atoms with E-state index in [4.69, 9.17) is 5.73 Å². The quantitative estimate of drug-likeness (QED) is 0.650. The van der Waals surface area contributed by atoms with Crippen molar-refractivity contribution in [3.63, 3.8) is 0 Å². The maximum atomic E-state index is 11.4. The van der Waals surface area contributed by atoms with E-state index in [1.807, 2.05) is 0 Å². The fraction of sp³-hybridized carbons (Fsp3) is 1.00. The molecule has 2 rings (SSSR count). The standard InChI is InChI=1S/C11H23N3O3S/c1-18(16,17)14-6-4-13(5-7-14)10(8-15)11(12)9-2-3-9/h9-11,15H,2-8,12H2,1H3. The van der Waals surface area contributed by atoms with Gasteiger partial charge in [-0.15, -0.1) is 0 Å². The number of aliphatic hydroxyl groups is 1. The van der Waals surface area contributed by atoms with E-state index in [9.17, 15) is 13.5 Å². The third kappa shape index (κ3) is 3.21. The Morgan fingerprint density at radius 1 is 1.28 bits per heavy atom. The molecule has 1 saturated heterocycles. The van der Waals surface area contributed by atoms with Crippen molar-refractivity contribution in [3.8, 4) is 0 Å². The van der Waals surface area contributed by atoms with Crippen LogP contribution in [0, 0.1) is 5.92 Å². The van der Waals surface area contributed by atoms with Crippen LogP contribution in [0.1, 0.15) is 12.8 Å². The van der Waals surface area contributed by atoms with Crippen molar-refractivity contribution in [3.05, 3.63) is 0 Å². The van der Waals surface area contributed by atoms with Gasteiger partial charge in [-0.1, -0.05) is 0 Å². The average molecular weight is 277 g/mol. The van der Waals surface area contributed by atoms with Crippen molar-refractivity contribution in [2.24, 2.45) is 11.7 Å². The topological polar surface area (TPSA) is 86.9 Å². The fourth-order valence-corrected chi connectivity index (χ4v) is 3.47. The molecule has 18 heavy (non-hydrogen) atoms. The minimum Gasteiger partial charge on any atom is -0.395 e. The lowest BCUT2D eigenvalue weighted by molar-refractivity contribution is 0.0709. The largest absolute Gasteiger partial charge is 0.395 e. The van der Waals surface area contributed by atoms with Crippen LogP contribution < -0.4 is 5.73 Å². The summed E-state index contributed by atoms with van der Waals surface area (Å²) >= 11 is 0. The Morgan fingerprint density at radius 2 is 1.83 bits per heavy atom. The SMILES string of the molecule is CS(=O)(=O)N1CCN(C(CO)C(N)C2CC2)CC1. The van der Waals surface area contributed by atoms with Crippen molar-refractivity contribution >= 4 is 10.0 Å². The Morgan fingerprint density at radius 3 is 2.22 bits per heavy atom. The molecule has 106 valence electrons. The molecule has 0 aromatic carbocycles. The van der Waals surface area contributed by atoms with Crippen LogP contribution in [0.15, 0.2) is 0 Å². The van der Waals surface area contributed by atoms with Crippen molar-refractivity contribution < 1.29 is 13.5 Å². The zero-order valence-corrected chi connectivity index (χ0v) is 11.6. The summed E-state index contributed by atoms with van der Waals surface area (Å²) in [4.78, 5) is 2.13. The Kier molecular flexibility index (Phi) is 4.28. The van der Waals surface area contributed by atoms with E-state index in [-0.39, 0.29) is 18.7 Å². The minimum absolute atomic E-state index is 0.0137. The first-order valence-electron chi connectivity index (χ1n) is 6.49. The maximum Gasteiger partial charge on any atom is 0.211 e. The van der Waals surface area contributed by atoms with Gasteiger partial charge >= 0.3 is 0 Å². The van der Waals surface area contributed by atoms with Gasteiger partial charge in [0.15, 0.2) is 0 Å². The normalized spacial score (nSPS) is 27.1. The summed E-state index contributed by atoms with van der Waals surface area (Å²) in [6.07, 6.45) is 3.55. The highest BCUT2D eigenvalue weighted by Crippen LogP contribution is 2.34. The van der Waals surface area contributed by atoms with Gasteiger partial charge in [0.25, 0.3) is 0 Å². The van der Waals surface area contributed by atoms with Gasteiger partial charge in [-0.3, -0.25) is 4.90 Å². The molecular weight excluding hydrogens is 254 g/mol. The minimum atomic E-state index is -3.09. The van der Waals surface area contributed by atoms with Crippen LogP contribution >= 0.6 is 0 Å². The van der Waals surface area contributed by atoms with Crippen LogP contribution in [0.5, 0.6) is 0 Å². The van der Waals surface area contributed by atoms with E-state index < -0.39 is 10.0 Å². The van der Waals surface area contributed by atoms with Gasteiger partial charge < -0.3 is 10.8 Å². The highest BCUT2D eigenvalue weighted by Gasteiger charge is 2.37. The zero-order chi connectivity index (χ0) is 13.3. The monoisotopic (exact) mass is 277 g/mol. The van der Waals surface area contributed by atoms with Gasteiger partial charge in [-0.05, 0) is 18.8 Å². The van der Waals surface area contributed by atoms with Crippen molar-refractivity contribution in [2.45, 2.75) is 24.9 Å². The average Bonchev–Trinajstić information content (AvgIpc) is 3.13. The van der Waals surface area contributed by atoms with E-state index in [0.717, 1.165) is 12.8 Å². The second kappa shape index (κ2) is 5.42. The molecule has 1 saturated carbocycles. The lowest BCUT2D eigenvalue weighted by atomic mass is 10.0. The molecule has 7 heteroatoms. The van der Waals surface area contributed by atoms with Gasteiger partial charge in [-0.25, -0.2) is 8.42 Å². The molecule has 2 atom stereocenters. The zero-order valence-electron chi connectivity index (χ0n) is 10.8. The van der Waals surface area contributed by atoms with Crippen molar-refractivity contribution in [2.75, 3.05) is 39.0 Å². The Balaban J connectivity index is 1.91. The summed E-state index contributed by atoms with van der Waals surface area (Å²) in [5.74, 6) is 0.537. The first kappa shape index (κ1) is 14.2. The van der Waals surface area contributed by atoms with Gasteiger partial charge in [-0.2, -0.15) is 4.31 Å².